The molecule has 0 spiro atoms. The zero-order chi connectivity index (χ0) is 19.9. The minimum atomic E-state index is -0.854. The monoisotopic (exact) mass is 371 g/mol. The van der Waals surface area contributed by atoms with Gasteiger partial charge < -0.3 is 19.5 Å². The Labute approximate surface area is 158 Å². The van der Waals surface area contributed by atoms with Crippen LogP contribution in [0.2, 0.25) is 0 Å². The number of nitrogens with one attached hydrogen (secondary N) is 1. The normalized spacial score (nSPS) is 27.9. The minimum absolute atomic E-state index is 0.0966. The molecular formula is C20H37NO5. The largest absolute Gasteiger partial charge is 0.461 e. The molecule has 1 heterocycles. The Morgan fingerprint density at radius 3 is 2.50 bits per heavy atom. The van der Waals surface area contributed by atoms with Crippen LogP contribution in [0.15, 0.2) is 0 Å². The lowest BCUT2D eigenvalue weighted by Gasteiger charge is -2.31. The molecule has 1 fully saturated rings. The smallest absolute Gasteiger partial charge is 0.408 e. The molecule has 26 heavy (non-hydrogen) atoms. The molecule has 1 N–H and O–H groups in total. The van der Waals surface area contributed by atoms with Crippen molar-refractivity contribution in [3.05, 3.63) is 0 Å². The van der Waals surface area contributed by atoms with Crippen molar-refractivity contribution in [1.82, 2.24) is 5.32 Å². The number of ether oxygens (including phenoxy) is 3. The average Bonchev–Trinajstić information content (AvgIpc) is 2.52. The van der Waals surface area contributed by atoms with Gasteiger partial charge in [0.2, 0.25) is 0 Å². The van der Waals surface area contributed by atoms with Gasteiger partial charge in [-0.15, -0.1) is 0 Å². The summed E-state index contributed by atoms with van der Waals surface area (Å²) in [4.78, 5) is 24.6. The van der Waals surface area contributed by atoms with Crippen LogP contribution in [0.3, 0.4) is 0 Å². The number of amides is 1. The van der Waals surface area contributed by atoms with Gasteiger partial charge in [0, 0.05) is 12.5 Å². The van der Waals surface area contributed by atoms with Gasteiger partial charge >= 0.3 is 12.1 Å². The summed E-state index contributed by atoms with van der Waals surface area (Å²) in [5.74, 6) is 0.635. The van der Waals surface area contributed by atoms with Gasteiger partial charge in [0.25, 0.3) is 0 Å². The number of hydrogen-bond donors (Lipinski definition) is 1. The van der Waals surface area contributed by atoms with E-state index in [-0.39, 0.29) is 18.6 Å². The molecule has 152 valence electrons. The first-order valence-electron chi connectivity index (χ1n) is 9.81. The molecule has 1 aliphatic rings. The van der Waals surface area contributed by atoms with Crippen LogP contribution in [-0.2, 0) is 19.0 Å². The standard InChI is InChI=1S/C20H37NO5/c1-8-9-15-11-24-12-17(21-19(23)26-20(5,6)7)18(22)25-14(4)16(15)10-13(2)3/h13-17H,8-12H2,1-7H3,(H,21,23)/t14-,15-,16-,17-/m0/s1. The van der Waals surface area contributed by atoms with E-state index in [1.165, 1.54) is 0 Å². The van der Waals surface area contributed by atoms with Crippen molar-refractivity contribution in [2.45, 2.75) is 85.5 Å². The molecular weight excluding hydrogens is 334 g/mol. The zero-order valence-corrected chi connectivity index (χ0v) is 17.5. The van der Waals surface area contributed by atoms with Gasteiger partial charge in [0.15, 0.2) is 6.04 Å². The summed E-state index contributed by atoms with van der Waals surface area (Å²) < 4.78 is 16.8. The number of cyclic esters (lactones) is 1. The number of carbonyl (C=O) groups is 2. The second-order valence-electron chi connectivity index (χ2n) is 8.72. The molecule has 0 aromatic heterocycles. The highest BCUT2D eigenvalue weighted by Crippen LogP contribution is 2.30. The van der Waals surface area contributed by atoms with Crippen LogP contribution in [0, 0.1) is 17.8 Å². The van der Waals surface area contributed by atoms with Crippen LogP contribution in [0.1, 0.15) is 67.7 Å². The Hall–Kier alpha value is -1.30. The molecule has 0 unspecified atom stereocenters. The molecule has 1 amide bonds. The van der Waals surface area contributed by atoms with E-state index in [9.17, 15) is 9.59 Å². The lowest BCUT2D eigenvalue weighted by molar-refractivity contribution is -0.154. The van der Waals surface area contributed by atoms with E-state index in [0.29, 0.717) is 18.4 Å². The maximum Gasteiger partial charge on any atom is 0.408 e. The van der Waals surface area contributed by atoms with Crippen LogP contribution in [0.25, 0.3) is 0 Å². The highest BCUT2D eigenvalue weighted by molar-refractivity contribution is 5.81. The predicted octanol–water partition coefficient (Wildman–Crippen LogP) is 3.92. The SMILES string of the molecule is CCC[C@H]1COC[C@H](NC(=O)OC(C)(C)C)C(=O)O[C@@H](C)[C@@H]1CC(C)C. The fourth-order valence-corrected chi connectivity index (χ4v) is 3.41. The Morgan fingerprint density at radius 1 is 1.31 bits per heavy atom. The highest BCUT2D eigenvalue weighted by Gasteiger charge is 2.35. The van der Waals surface area contributed by atoms with Crippen molar-refractivity contribution in [2.24, 2.45) is 17.8 Å². The Morgan fingerprint density at radius 2 is 1.96 bits per heavy atom. The Bertz CT molecular complexity index is 458. The van der Waals surface area contributed by atoms with E-state index in [4.69, 9.17) is 14.2 Å². The van der Waals surface area contributed by atoms with Crippen molar-refractivity contribution in [3.8, 4) is 0 Å². The van der Waals surface area contributed by atoms with Gasteiger partial charge in [-0.1, -0.05) is 27.2 Å². The third-order valence-corrected chi connectivity index (χ3v) is 4.51. The van der Waals surface area contributed by atoms with Crippen molar-refractivity contribution in [3.63, 3.8) is 0 Å². The van der Waals surface area contributed by atoms with Crippen LogP contribution in [0.5, 0.6) is 0 Å². The third kappa shape index (κ3) is 7.94. The molecule has 0 saturated carbocycles. The number of hydrogen-bond acceptors (Lipinski definition) is 5. The summed E-state index contributed by atoms with van der Waals surface area (Å²) >= 11 is 0. The van der Waals surface area contributed by atoms with Crippen molar-refractivity contribution < 1.29 is 23.8 Å². The first kappa shape index (κ1) is 22.7. The van der Waals surface area contributed by atoms with Crippen LogP contribution in [0.4, 0.5) is 4.79 Å². The Balaban J connectivity index is 2.85. The van der Waals surface area contributed by atoms with E-state index in [2.05, 4.69) is 26.1 Å². The van der Waals surface area contributed by atoms with E-state index >= 15 is 0 Å². The van der Waals surface area contributed by atoms with Crippen LogP contribution in [-0.4, -0.2) is 43.0 Å². The molecule has 0 aromatic carbocycles. The van der Waals surface area contributed by atoms with Crippen molar-refractivity contribution >= 4 is 12.1 Å². The quantitative estimate of drug-likeness (QED) is 0.742. The van der Waals surface area contributed by atoms with E-state index in [1.54, 1.807) is 20.8 Å². The van der Waals surface area contributed by atoms with Crippen molar-refractivity contribution in [1.29, 1.82) is 0 Å². The summed E-state index contributed by atoms with van der Waals surface area (Å²) in [6.45, 7) is 14.5. The topological polar surface area (TPSA) is 73.9 Å². The first-order valence-corrected chi connectivity index (χ1v) is 9.81. The fraction of sp³-hybridized carbons (Fsp3) is 0.900. The van der Waals surface area contributed by atoms with Gasteiger partial charge in [-0.3, -0.25) is 0 Å². The summed E-state index contributed by atoms with van der Waals surface area (Å²) in [6.07, 6.45) is 2.21. The molecule has 0 aromatic rings. The maximum atomic E-state index is 12.6. The molecule has 6 nitrogen and oxygen atoms in total. The molecule has 4 atom stereocenters. The molecule has 0 aliphatic carbocycles. The van der Waals surface area contributed by atoms with Gasteiger partial charge in [-0.2, -0.15) is 0 Å². The second kappa shape index (κ2) is 10.1. The number of carbonyl (C=O) groups excluding carboxylic acids is 2. The maximum absolute atomic E-state index is 12.6. The van der Waals surface area contributed by atoms with Gasteiger partial charge in [-0.05, 0) is 52.4 Å². The van der Waals surface area contributed by atoms with Crippen LogP contribution < -0.4 is 5.32 Å². The third-order valence-electron chi connectivity index (χ3n) is 4.51. The van der Waals surface area contributed by atoms with E-state index < -0.39 is 23.7 Å². The van der Waals surface area contributed by atoms with Gasteiger partial charge in [-0.25, -0.2) is 9.59 Å². The van der Waals surface area contributed by atoms with E-state index in [0.717, 1.165) is 19.3 Å². The first-order chi connectivity index (χ1) is 12.0. The lowest BCUT2D eigenvalue weighted by atomic mass is 9.80. The summed E-state index contributed by atoms with van der Waals surface area (Å²) in [6, 6.07) is -0.854. The number of alkyl carbamates (subject to hydrolysis) is 1. The van der Waals surface area contributed by atoms with Crippen molar-refractivity contribution in [2.75, 3.05) is 13.2 Å². The zero-order valence-electron chi connectivity index (χ0n) is 17.5. The second-order valence-corrected chi connectivity index (χ2v) is 8.72. The molecule has 6 heteroatoms. The molecule has 0 radical (unpaired) electrons. The summed E-state index contributed by atoms with van der Waals surface area (Å²) in [5.41, 5.74) is -0.630. The van der Waals surface area contributed by atoms with Gasteiger partial charge in [0.05, 0.1) is 6.61 Å². The molecule has 0 bridgehead atoms. The predicted molar refractivity (Wildman–Crippen MR) is 101 cm³/mol. The summed E-state index contributed by atoms with van der Waals surface area (Å²) in [5, 5.41) is 2.58. The average molecular weight is 372 g/mol. The minimum Gasteiger partial charge on any atom is -0.461 e. The highest BCUT2D eigenvalue weighted by atomic mass is 16.6. The summed E-state index contributed by atoms with van der Waals surface area (Å²) in [7, 11) is 0. The van der Waals surface area contributed by atoms with Crippen LogP contribution >= 0.6 is 0 Å². The Kier molecular flexibility index (Phi) is 8.87. The molecule has 1 aliphatic heterocycles. The molecule has 1 rings (SSSR count). The van der Waals surface area contributed by atoms with Gasteiger partial charge in [0.1, 0.15) is 11.7 Å². The lowest BCUT2D eigenvalue weighted by Crippen LogP contribution is -2.47. The van der Waals surface area contributed by atoms with E-state index in [1.807, 2.05) is 6.92 Å². The fourth-order valence-electron chi connectivity index (χ4n) is 3.41. The molecule has 1 saturated heterocycles. The number of rotatable bonds is 5. The number of esters is 1.